The molecular formula is C18H28N3O3+. The summed E-state index contributed by atoms with van der Waals surface area (Å²) in [6.45, 7) is 4.72. The first kappa shape index (κ1) is 18.3. The van der Waals surface area contributed by atoms with E-state index in [2.05, 4.69) is 17.6 Å². The molecule has 0 unspecified atom stereocenters. The molecule has 24 heavy (non-hydrogen) atoms. The molecule has 6 nitrogen and oxygen atoms in total. The van der Waals surface area contributed by atoms with Crippen LogP contribution in [0.4, 0.5) is 5.69 Å². The Morgan fingerprint density at radius 2 is 2.12 bits per heavy atom. The number of hydrogen-bond acceptors (Lipinski definition) is 3. The maximum Gasteiger partial charge on any atom is 0.230 e. The van der Waals surface area contributed by atoms with E-state index >= 15 is 0 Å². The Balaban J connectivity index is 1.61. The highest BCUT2D eigenvalue weighted by molar-refractivity contribution is 5.90. The summed E-state index contributed by atoms with van der Waals surface area (Å²) in [5.74, 6) is 1.06. The smallest absolute Gasteiger partial charge is 0.230 e. The molecule has 6 heteroatoms. The first-order chi connectivity index (χ1) is 11.6. The predicted molar refractivity (Wildman–Crippen MR) is 92.9 cm³/mol. The SMILES string of the molecule is COc1ccc(NC(=O)C[C@@H](C)[NH2+]CCCN2CCCC2=O)cc1. The summed E-state index contributed by atoms with van der Waals surface area (Å²) >= 11 is 0. The van der Waals surface area contributed by atoms with Crippen LogP contribution in [0.5, 0.6) is 5.75 Å². The number of benzene rings is 1. The van der Waals surface area contributed by atoms with Gasteiger partial charge in [0.05, 0.1) is 26.1 Å². The summed E-state index contributed by atoms with van der Waals surface area (Å²) in [7, 11) is 1.62. The van der Waals surface area contributed by atoms with Gasteiger partial charge in [-0.05, 0) is 37.6 Å². The highest BCUT2D eigenvalue weighted by atomic mass is 16.5. The van der Waals surface area contributed by atoms with Gasteiger partial charge in [0.15, 0.2) is 0 Å². The van der Waals surface area contributed by atoms with Crippen molar-refractivity contribution in [1.29, 1.82) is 0 Å². The van der Waals surface area contributed by atoms with Crippen molar-refractivity contribution in [2.75, 3.05) is 32.1 Å². The van der Waals surface area contributed by atoms with Gasteiger partial charge in [-0.3, -0.25) is 9.59 Å². The molecule has 1 aromatic carbocycles. The number of anilines is 1. The van der Waals surface area contributed by atoms with Crippen molar-refractivity contribution >= 4 is 17.5 Å². The van der Waals surface area contributed by atoms with Crippen molar-refractivity contribution in [2.24, 2.45) is 0 Å². The molecule has 0 aliphatic carbocycles. The summed E-state index contributed by atoms with van der Waals surface area (Å²) in [6, 6.07) is 7.53. The third-order valence-corrected chi connectivity index (χ3v) is 4.25. The Bertz CT molecular complexity index is 545. The average molecular weight is 334 g/mol. The predicted octanol–water partition coefficient (Wildman–Crippen LogP) is 0.988. The third kappa shape index (κ3) is 5.85. The molecule has 1 aliphatic heterocycles. The van der Waals surface area contributed by atoms with Crippen LogP contribution in [0.15, 0.2) is 24.3 Å². The fourth-order valence-corrected chi connectivity index (χ4v) is 2.89. The average Bonchev–Trinajstić information content (AvgIpc) is 2.97. The van der Waals surface area contributed by atoms with Crippen LogP contribution in [0.3, 0.4) is 0 Å². The second-order valence-corrected chi connectivity index (χ2v) is 6.32. The van der Waals surface area contributed by atoms with Gasteiger partial charge in [0.2, 0.25) is 11.8 Å². The Hall–Kier alpha value is -2.08. The highest BCUT2D eigenvalue weighted by Crippen LogP contribution is 2.15. The van der Waals surface area contributed by atoms with Crippen LogP contribution >= 0.6 is 0 Å². The normalized spacial score (nSPS) is 15.4. The lowest BCUT2D eigenvalue weighted by molar-refractivity contribution is -0.685. The van der Waals surface area contributed by atoms with Gasteiger partial charge in [-0.15, -0.1) is 0 Å². The van der Waals surface area contributed by atoms with E-state index < -0.39 is 0 Å². The van der Waals surface area contributed by atoms with Crippen LogP contribution in [-0.4, -0.2) is 49.5 Å². The van der Waals surface area contributed by atoms with Gasteiger partial charge in [0.1, 0.15) is 5.75 Å². The van der Waals surface area contributed by atoms with Crippen molar-refractivity contribution in [1.82, 2.24) is 4.90 Å². The van der Waals surface area contributed by atoms with Crippen LogP contribution in [0, 0.1) is 0 Å². The molecule has 1 aromatic rings. The molecule has 1 heterocycles. The summed E-state index contributed by atoms with van der Waals surface area (Å²) in [5, 5.41) is 5.07. The lowest BCUT2D eigenvalue weighted by Gasteiger charge is -2.16. The number of ether oxygens (including phenoxy) is 1. The number of methoxy groups -OCH3 is 1. The van der Waals surface area contributed by atoms with Crippen LogP contribution < -0.4 is 15.4 Å². The topological polar surface area (TPSA) is 75.2 Å². The Kier molecular flexibility index (Phi) is 7.06. The number of amides is 2. The zero-order valence-electron chi connectivity index (χ0n) is 14.6. The van der Waals surface area contributed by atoms with Gasteiger partial charge in [-0.2, -0.15) is 0 Å². The third-order valence-electron chi connectivity index (χ3n) is 4.25. The quantitative estimate of drug-likeness (QED) is 0.661. The fourth-order valence-electron chi connectivity index (χ4n) is 2.89. The summed E-state index contributed by atoms with van der Waals surface area (Å²) in [6.07, 6.45) is 3.13. The lowest BCUT2D eigenvalue weighted by Crippen LogP contribution is -2.89. The molecule has 1 saturated heterocycles. The number of hydrogen-bond donors (Lipinski definition) is 2. The number of nitrogens with two attached hydrogens (primary N) is 1. The molecule has 3 N–H and O–H groups in total. The minimum Gasteiger partial charge on any atom is -0.497 e. The maximum atomic E-state index is 12.0. The number of rotatable bonds is 9. The minimum absolute atomic E-state index is 0.0126. The van der Waals surface area contributed by atoms with Crippen LogP contribution in [0.2, 0.25) is 0 Å². The molecule has 0 aromatic heterocycles. The van der Waals surface area contributed by atoms with Crippen LogP contribution in [-0.2, 0) is 9.59 Å². The highest BCUT2D eigenvalue weighted by Gasteiger charge is 2.19. The van der Waals surface area contributed by atoms with E-state index in [-0.39, 0.29) is 17.9 Å². The second kappa shape index (κ2) is 9.27. The number of quaternary nitrogens is 1. The zero-order valence-corrected chi connectivity index (χ0v) is 14.6. The van der Waals surface area contributed by atoms with Gasteiger partial charge in [0.25, 0.3) is 0 Å². The summed E-state index contributed by atoms with van der Waals surface area (Å²) < 4.78 is 5.09. The Morgan fingerprint density at radius 3 is 2.75 bits per heavy atom. The van der Waals surface area contributed by atoms with E-state index in [0.29, 0.717) is 12.8 Å². The van der Waals surface area contributed by atoms with Gasteiger partial charge >= 0.3 is 0 Å². The van der Waals surface area contributed by atoms with E-state index in [0.717, 1.165) is 43.9 Å². The number of carbonyl (C=O) groups excluding carboxylic acids is 2. The Labute approximate surface area is 143 Å². The van der Waals surface area contributed by atoms with Crippen LogP contribution in [0.25, 0.3) is 0 Å². The van der Waals surface area contributed by atoms with Gasteiger partial charge in [-0.1, -0.05) is 0 Å². The molecule has 2 rings (SSSR count). The van der Waals surface area contributed by atoms with Crippen molar-refractivity contribution in [2.45, 2.75) is 38.6 Å². The molecule has 132 valence electrons. The fraction of sp³-hybridized carbons (Fsp3) is 0.556. The summed E-state index contributed by atoms with van der Waals surface area (Å²) in [4.78, 5) is 25.5. The molecule has 1 aliphatic rings. The zero-order chi connectivity index (χ0) is 17.4. The molecule has 1 atom stereocenters. The van der Waals surface area contributed by atoms with Crippen molar-refractivity contribution in [3.8, 4) is 5.75 Å². The van der Waals surface area contributed by atoms with Crippen molar-refractivity contribution < 1.29 is 19.6 Å². The number of carbonyl (C=O) groups is 2. The van der Waals surface area contributed by atoms with E-state index in [9.17, 15) is 9.59 Å². The number of nitrogens with one attached hydrogen (secondary N) is 1. The van der Waals surface area contributed by atoms with Gasteiger partial charge < -0.3 is 20.3 Å². The minimum atomic E-state index is 0.0126. The first-order valence-corrected chi connectivity index (χ1v) is 8.63. The largest absolute Gasteiger partial charge is 0.497 e. The summed E-state index contributed by atoms with van der Waals surface area (Å²) in [5.41, 5.74) is 0.778. The van der Waals surface area contributed by atoms with Gasteiger partial charge in [0, 0.05) is 31.6 Å². The molecule has 0 bridgehead atoms. The first-order valence-electron chi connectivity index (χ1n) is 8.63. The Morgan fingerprint density at radius 1 is 1.38 bits per heavy atom. The maximum absolute atomic E-state index is 12.0. The molecular weight excluding hydrogens is 306 g/mol. The van der Waals surface area contributed by atoms with E-state index in [1.54, 1.807) is 7.11 Å². The molecule has 1 fully saturated rings. The monoisotopic (exact) mass is 334 g/mol. The number of nitrogens with zero attached hydrogens (tertiary/aromatic N) is 1. The lowest BCUT2D eigenvalue weighted by atomic mass is 10.2. The van der Waals surface area contributed by atoms with Crippen molar-refractivity contribution in [3.05, 3.63) is 24.3 Å². The van der Waals surface area contributed by atoms with Gasteiger partial charge in [-0.25, -0.2) is 0 Å². The van der Waals surface area contributed by atoms with E-state index in [1.807, 2.05) is 29.2 Å². The standard InChI is InChI=1S/C18H27N3O3/c1-14(19-10-4-12-21-11-3-5-18(21)23)13-17(22)20-15-6-8-16(24-2)9-7-15/h6-9,14,19H,3-5,10-13H2,1-2H3,(H,20,22)/p+1/t14-/m1/s1. The molecule has 0 spiro atoms. The molecule has 0 radical (unpaired) electrons. The van der Waals surface area contributed by atoms with E-state index in [1.165, 1.54) is 0 Å². The van der Waals surface area contributed by atoms with Crippen LogP contribution in [0.1, 0.15) is 32.6 Å². The molecule has 0 saturated carbocycles. The second-order valence-electron chi connectivity index (χ2n) is 6.32. The van der Waals surface area contributed by atoms with E-state index in [4.69, 9.17) is 4.74 Å². The van der Waals surface area contributed by atoms with Crippen molar-refractivity contribution in [3.63, 3.8) is 0 Å². The molecule has 2 amide bonds. The number of likely N-dealkylation sites (tertiary alicyclic amines) is 1.